The van der Waals surface area contributed by atoms with Crippen LogP contribution >= 0.6 is 0 Å². The maximum atomic E-state index is 12.3. The summed E-state index contributed by atoms with van der Waals surface area (Å²) in [5.41, 5.74) is 3.93. The molecule has 0 radical (unpaired) electrons. The number of rotatable bonds is 7. The predicted molar refractivity (Wildman–Crippen MR) is 120 cm³/mol. The van der Waals surface area contributed by atoms with Crippen LogP contribution in [-0.4, -0.2) is 19.7 Å². The van der Waals surface area contributed by atoms with E-state index in [9.17, 15) is 10.1 Å². The highest BCUT2D eigenvalue weighted by atomic mass is 16.6. The SMILES string of the molecule is COc1ccc(/C(C#N)=C\c2cccc(OC(=O)COc3c(C)cccc3C)c2)cc1. The summed E-state index contributed by atoms with van der Waals surface area (Å²) in [4.78, 5) is 12.3. The minimum absolute atomic E-state index is 0.193. The topological polar surface area (TPSA) is 68.5 Å². The summed E-state index contributed by atoms with van der Waals surface area (Å²) in [5, 5.41) is 9.55. The van der Waals surface area contributed by atoms with Crippen LogP contribution in [-0.2, 0) is 4.79 Å². The summed E-state index contributed by atoms with van der Waals surface area (Å²) in [5.74, 6) is 1.29. The van der Waals surface area contributed by atoms with Crippen molar-refractivity contribution in [2.24, 2.45) is 0 Å². The quantitative estimate of drug-likeness (QED) is 0.226. The molecule has 3 rings (SSSR count). The van der Waals surface area contributed by atoms with Gasteiger partial charge in [0.15, 0.2) is 6.61 Å². The minimum Gasteiger partial charge on any atom is -0.497 e. The fraction of sp³-hybridized carbons (Fsp3) is 0.154. The van der Waals surface area contributed by atoms with E-state index in [1.807, 2.05) is 50.2 Å². The number of aryl methyl sites for hydroxylation is 2. The Bertz CT molecular complexity index is 1120. The van der Waals surface area contributed by atoms with E-state index in [4.69, 9.17) is 14.2 Å². The first kappa shape index (κ1) is 21.7. The zero-order valence-electron chi connectivity index (χ0n) is 17.7. The van der Waals surface area contributed by atoms with Gasteiger partial charge in [0.2, 0.25) is 0 Å². The molecule has 0 aliphatic rings. The summed E-state index contributed by atoms with van der Waals surface area (Å²) in [7, 11) is 1.59. The minimum atomic E-state index is -0.501. The van der Waals surface area contributed by atoms with Crippen LogP contribution in [0.25, 0.3) is 11.6 Å². The molecule has 0 atom stereocenters. The molecule has 3 aromatic carbocycles. The standard InChI is InChI=1S/C26H23NO4/c1-18-6-4-7-19(2)26(18)30-17-25(28)31-24-9-5-8-20(15-24)14-22(16-27)21-10-12-23(29-3)13-11-21/h4-15H,17H2,1-3H3/b22-14-. The van der Waals surface area contributed by atoms with E-state index >= 15 is 0 Å². The Kier molecular flexibility index (Phi) is 7.08. The molecule has 0 saturated carbocycles. The van der Waals surface area contributed by atoms with Crippen molar-refractivity contribution in [3.63, 3.8) is 0 Å². The normalized spacial score (nSPS) is 10.8. The van der Waals surface area contributed by atoms with E-state index in [0.717, 1.165) is 28.0 Å². The fourth-order valence-electron chi connectivity index (χ4n) is 3.10. The van der Waals surface area contributed by atoms with Gasteiger partial charge in [-0.3, -0.25) is 0 Å². The van der Waals surface area contributed by atoms with Crippen molar-refractivity contribution in [3.8, 4) is 23.3 Å². The molecule has 0 N–H and O–H groups in total. The van der Waals surface area contributed by atoms with Gasteiger partial charge in [0.1, 0.15) is 17.2 Å². The second kappa shape index (κ2) is 10.1. The Morgan fingerprint density at radius 2 is 1.65 bits per heavy atom. The lowest BCUT2D eigenvalue weighted by Crippen LogP contribution is -2.18. The lowest BCUT2D eigenvalue weighted by atomic mass is 10.0. The second-order valence-corrected chi connectivity index (χ2v) is 6.95. The van der Waals surface area contributed by atoms with Crippen molar-refractivity contribution < 1.29 is 19.0 Å². The molecule has 5 heteroatoms. The van der Waals surface area contributed by atoms with Gasteiger partial charge in [-0.15, -0.1) is 0 Å². The summed E-state index contributed by atoms with van der Waals surface area (Å²) >= 11 is 0. The first-order valence-corrected chi connectivity index (χ1v) is 9.76. The van der Waals surface area contributed by atoms with Gasteiger partial charge in [0, 0.05) is 0 Å². The number of methoxy groups -OCH3 is 1. The average Bonchev–Trinajstić information content (AvgIpc) is 2.77. The van der Waals surface area contributed by atoms with Gasteiger partial charge < -0.3 is 14.2 Å². The Hall–Kier alpha value is -4.04. The number of nitriles is 1. The number of para-hydroxylation sites is 1. The first-order chi connectivity index (χ1) is 15.0. The number of esters is 1. The van der Waals surface area contributed by atoms with E-state index < -0.39 is 5.97 Å². The van der Waals surface area contributed by atoms with Crippen molar-refractivity contribution in [2.75, 3.05) is 13.7 Å². The van der Waals surface area contributed by atoms with Gasteiger partial charge in [0.25, 0.3) is 0 Å². The van der Waals surface area contributed by atoms with Crippen LogP contribution in [0.3, 0.4) is 0 Å². The Morgan fingerprint density at radius 1 is 0.968 bits per heavy atom. The Labute approximate surface area is 182 Å². The third-order valence-electron chi connectivity index (χ3n) is 4.67. The van der Waals surface area contributed by atoms with Crippen LogP contribution in [0.15, 0.2) is 66.7 Å². The van der Waals surface area contributed by atoms with Crippen molar-refractivity contribution in [1.29, 1.82) is 5.26 Å². The van der Waals surface area contributed by atoms with E-state index in [2.05, 4.69) is 6.07 Å². The van der Waals surface area contributed by atoms with Crippen LogP contribution in [0, 0.1) is 25.2 Å². The largest absolute Gasteiger partial charge is 0.497 e. The number of benzene rings is 3. The predicted octanol–water partition coefficient (Wildman–Crippen LogP) is 5.36. The molecule has 156 valence electrons. The molecule has 5 nitrogen and oxygen atoms in total. The molecule has 3 aromatic rings. The molecule has 31 heavy (non-hydrogen) atoms. The Morgan fingerprint density at radius 3 is 2.29 bits per heavy atom. The van der Waals surface area contributed by atoms with E-state index in [0.29, 0.717) is 17.1 Å². The molecule has 0 aromatic heterocycles. The highest BCUT2D eigenvalue weighted by Gasteiger charge is 2.10. The molecule has 0 fully saturated rings. The monoisotopic (exact) mass is 413 g/mol. The number of allylic oxidation sites excluding steroid dienone is 1. The smallest absolute Gasteiger partial charge is 0.349 e. The third kappa shape index (κ3) is 5.74. The number of hydrogen-bond donors (Lipinski definition) is 0. The van der Waals surface area contributed by atoms with Crippen molar-refractivity contribution in [3.05, 3.63) is 89.0 Å². The van der Waals surface area contributed by atoms with Crippen LogP contribution in [0.2, 0.25) is 0 Å². The molecule has 0 unspecified atom stereocenters. The van der Waals surface area contributed by atoms with E-state index in [1.165, 1.54) is 0 Å². The number of ether oxygens (including phenoxy) is 3. The van der Waals surface area contributed by atoms with Crippen LogP contribution in [0.5, 0.6) is 17.2 Å². The second-order valence-electron chi connectivity index (χ2n) is 6.95. The van der Waals surface area contributed by atoms with Gasteiger partial charge in [-0.25, -0.2) is 4.79 Å². The van der Waals surface area contributed by atoms with Gasteiger partial charge in [0.05, 0.1) is 18.8 Å². The van der Waals surface area contributed by atoms with Crippen LogP contribution < -0.4 is 14.2 Å². The highest BCUT2D eigenvalue weighted by Crippen LogP contribution is 2.24. The first-order valence-electron chi connectivity index (χ1n) is 9.76. The molecule has 0 heterocycles. The lowest BCUT2D eigenvalue weighted by Gasteiger charge is -2.11. The molecule has 0 bridgehead atoms. The molecular weight excluding hydrogens is 390 g/mol. The van der Waals surface area contributed by atoms with E-state index in [-0.39, 0.29) is 6.61 Å². The number of nitrogens with zero attached hydrogens (tertiary/aromatic N) is 1. The van der Waals surface area contributed by atoms with Crippen molar-refractivity contribution >= 4 is 17.6 Å². The average molecular weight is 413 g/mol. The van der Waals surface area contributed by atoms with Crippen LogP contribution in [0.1, 0.15) is 22.3 Å². The van der Waals surface area contributed by atoms with Crippen molar-refractivity contribution in [1.82, 2.24) is 0 Å². The fourth-order valence-corrected chi connectivity index (χ4v) is 3.10. The number of hydrogen-bond acceptors (Lipinski definition) is 5. The number of carbonyl (C=O) groups excluding carboxylic acids is 1. The molecule has 0 spiro atoms. The maximum Gasteiger partial charge on any atom is 0.349 e. The van der Waals surface area contributed by atoms with Gasteiger partial charge in [-0.1, -0.05) is 30.3 Å². The molecule has 0 amide bonds. The van der Waals surface area contributed by atoms with Gasteiger partial charge in [-0.05, 0) is 78.6 Å². The maximum absolute atomic E-state index is 12.3. The van der Waals surface area contributed by atoms with Gasteiger partial charge >= 0.3 is 5.97 Å². The zero-order chi connectivity index (χ0) is 22.2. The summed E-state index contributed by atoms with van der Waals surface area (Å²) < 4.78 is 16.2. The Balaban J connectivity index is 1.69. The number of carbonyl (C=O) groups is 1. The summed E-state index contributed by atoms with van der Waals surface area (Å²) in [6.45, 7) is 3.67. The van der Waals surface area contributed by atoms with Crippen molar-refractivity contribution in [2.45, 2.75) is 13.8 Å². The zero-order valence-corrected chi connectivity index (χ0v) is 17.7. The molecular formula is C26H23NO4. The highest BCUT2D eigenvalue weighted by molar-refractivity contribution is 5.90. The molecule has 0 saturated heterocycles. The third-order valence-corrected chi connectivity index (χ3v) is 4.67. The molecule has 0 aliphatic carbocycles. The lowest BCUT2D eigenvalue weighted by molar-refractivity contribution is -0.136. The molecule has 0 aliphatic heterocycles. The summed E-state index contributed by atoms with van der Waals surface area (Å²) in [6.07, 6.45) is 1.74. The summed E-state index contributed by atoms with van der Waals surface area (Å²) in [6, 6.07) is 22.3. The van der Waals surface area contributed by atoms with Crippen LogP contribution in [0.4, 0.5) is 0 Å². The van der Waals surface area contributed by atoms with Gasteiger partial charge in [-0.2, -0.15) is 5.26 Å². The van der Waals surface area contributed by atoms with E-state index in [1.54, 1.807) is 43.5 Å².